The molecule has 0 bridgehead atoms. The zero-order valence-electron chi connectivity index (χ0n) is 18.8. The molecule has 2 heterocycles. The fourth-order valence-corrected chi connectivity index (χ4v) is 6.39. The highest BCUT2D eigenvalue weighted by Gasteiger charge is 2.33. The predicted molar refractivity (Wildman–Crippen MR) is 120 cm³/mol. The van der Waals surface area contributed by atoms with Crippen molar-refractivity contribution in [2.45, 2.75) is 76.2 Å². The molecule has 0 atom stereocenters. The first kappa shape index (κ1) is 22.9. The van der Waals surface area contributed by atoms with Crippen molar-refractivity contribution < 1.29 is 17.7 Å². The molecule has 2 aliphatic rings. The van der Waals surface area contributed by atoms with Gasteiger partial charge in [-0.05, 0) is 44.2 Å². The first-order valence-corrected chi connectivity index (χ1v) is 13.0. The standard InChI is InChI=1S/C23H32N4O4S/c1-16-9-10-19(22-24-17(2)31-26-22)15-21(16)32(29,30)27-13-11-18(12-14-27)23(28)25-20-7-5-3-4-6-8-20/h9-10,15,18,20H,3-8,11-14H2,1-2H3,(H,25,28). The molecular formula is C23H32N4O4S. The number of sulfonamides is 1. The van der Waals surface area contributed by atoms with Gasteiger partial charge in [0, 0.05) is 37.5 Å². The molecule has 174 valence electrons. The number of aromatic nitrogens is 2. The van der Waals surface area contributed by atoms with Gasteiger partial charge in [-0.1, -0.05) is 43.0 Å². The van der Waals surface area contributed by atoms with Crippen molar-refractivity contribution in [1.29, 1.82) is 0 Å². The lowest BCUT2D eigenvalue weighted by atomic mass is 9.96. The van der Waals surface area contributed by atoms with Crippen LogP contribution in [0, 0.1) is 19.8 Å². The van der Waals surface area contributed by atoms with Gasteiger partial charge in [0.2, 0.25) is 27.6 Å². The van der Waals surface area contributed by atoms with Gasteiger partial charge in [-0.25, -0.2) is 8.42 Å². The molecule has 32 heavy (non-hydrogen) atoms. The molecule has 9 heteroatoms. The van der Waals surface area contributed by atoms with Crippen molar-refractivity contribution in [1.82, 2.24) is 19.8 Å². The lowest BCUT2D eigenvalue weighted by Gasteiger charge is -2.31. The summed E-state index contributed by atoms with van der Waals surface area (Å²) in [4.78, 5) is 17.2. The second-order valence-electron chi connectivity index (χ2n) is 8.99. The molecule has 1 N–H and O–H groups in total. The van der Waals surface area contributed by atoms with Gasteiger partial charge < -0.3 is 9.84 Å². The third kappa shape index (κ3) is 5.04. The van der Waals surface area contributed by atoms with Gasteiger partial charge in [-0.3, -0.25) is 4.79 Å². The monoisotopic (exact) mass is 460 g/mol. The minimum absolute atomic E-state index is 0.0830. The van der Waals surface area contributed by atoms with E-state index >= 15 is 0 Å². The molecule has 1 saturated heterocycles. The topological polar surface area (TPSA) is 105 Å². The van der Waals surface area contributed by atoms with E-state index in [1.807, 2.05) is 0 Å². The van der Waals surface area contributed by atoms with Gasteiger partial charge >= 0.3 is 0 Å². The molecule has 8 nitrogen and oxygen atoms in total. The zero-order chi connectivity index (χ0) is 22.7. The Labute approximate surface area is 189 Å². The molecule has 4 rings (SSSR count). The van der Waals surface area contributed by atoms with Crippen molar-refractivity contribution in [3.05, 3.63) is 29.7 Å². The van der Waals surface area contributed by atoms with Crippen LogP contribution in [0.3, 0.4) is 0 Å². The van der Waals surface area contributed by atoms with Crippen molar-refractivity contribution in [2.75, 3.05) is 13.1 Å². The van der Waals surface area contributed by atoms with Gasteiger partial charge in [0.25, 0.3) is 0 Å². The SMILES string of the molecule is Cc1nc(-c2ccc(C)c(S(=O)(=O)N3CCC(C(=O)NC4CCCCCC4)CC3)c2)no1. The molecule has 2 aromatic rings. The van der Waals surface area contributed by atoms with Crippen molar-refractivity contribution in [3.8, 4) is 11.4 Å². The van der Waals surface area contributed by atoms with Crippen LogP contribution in [0.2, 0.25) is 0 Å². The summed E-state index contributed by atoms with van der Waals surface area (Å²) in [5.74, 6) is 0.751. The molecular weight excluding hydrogens is 428 g/mol. The lowest BCUT2D eigenvalue weighted by Crippen LogP contribution is -2.45. The Kier molecular flexibility index (Phi) is 6.95. The Morgan fingerprint density at radius 3 is 2.38 bits per heavy atom. The van der Waals surface area contributed by atoms with E-state index in [4.69, 9.17) is 4.52 Å². The Morgan fingerprint density at radius 1 is 1.06 bits per heavy atom. The Hall–Kier alpha value is -2.26. The predicted octanol–water partition coefficient (Wildman–Crippen LogP) is 3.59. The Balaban J connectivity index is 1.42. The van der Waals surface area contributed by atoms with E-state index in [0.717, 1.165) is 12.8 Å². The smallest absolute Gasteiger partial charge is 0.243 e. The lowest BCUT2D eigenvalue weighted by molar-refractivity contribution is -0.126. The third-order valence-electron chi connectivity index (χ3n) is 6.62. The third-order valence-corrected chi connectivity index (χ3v) is 8.66. The number of aryl methyl sites for hydroxylation is 2. The normalized spacial score (nSPS) is 19.6. The van der Waals surface area contributed by atoms with Gasteiger partial charge in [0.05, 0.1) is 4.90 Å². The van der Waals surface area contributed by atoms with Gasteiger partial charge in [-0.15, -0.1) is 0 Å². The van der Waals surface area contributed by atoms with Crippen LogP contribution >= 0.6 is 0 Å². The maximum atomic E-state index is 13.4. The van der Waals surface area contributed by atoms with E-state index in [1.54, 1.807) is 32.0 Å². The molecule has 1 aliphatic heterocycles. The number of amides is 1. The molecule has 1 aromatic heterocycles. The zero-order valence-corrected chi connectivity index (χ0v) is 19.7. The van der Waals surface area contributed by atoms with Crippen LogP contribution in [0.5, 0.6) is 0 Å². The molecule has 0 unspecified atom stereocenters. The van der Waals surface area contributed by atoms with E-state index < -0.39 is 10.0 Å². The summed E-state index contributed by atoms with van der Waals surface area (Å²) in [7, 11) is -3.68. The second kappa shape index (κ2) is 9.70. The summed E-state index contributed by atoms with van der Waals surface area (Å²) in [6.45, 7) is 4.16. The van der Waals surface area contributed by atoms with Gasteiger partial charge in [0.15, 0.2) is 0 Å². The average molecular weight is 461 g/mol. The number of piperidine rings is 1. The van der Waals surface area contributed by atoms with E-state index in [9.17, 15) is 13.2 Å². The molecule has 0 radical (unpaired) electrons. The number of hydrogen-bond acceptors (Lipinski definition) is 6. The van der Waals surface area contributed by atoms with E-state index in [-0.39, 0.29) is 22.8 Å². The van der Waals surface area contributed by atoms with Crippen LogP contribution in [0.1, 0.15) is 62.8 Å². The van der Waals surface area contributed by atoms with Gasteiger partial charge in [-0.2, -0.15) is 9.29 Å². The van der Waals surface area contributed by atoms with Crippen LogP contribution in [0.4, 0.5) is 0 Å². The summed E-state index contributed by atoms with van der Waals surface area (Å²) in [5.41, 5.74) is 1.27. The van der Waals surface area contributed by atoms with E-state index in [1.165, 1.54) is 30.0 Å². The fourth-order valence-electron chi connectivity index (χ4n) is 4.67. The van der Waals surface area contributed by atoms with Crippen LogP contribution in [0.25, 0.3) is 11.4 Å². The summed E-state index contributed by atoms with van der Waals surface area (Å²) < 4.78 is 33.3. The molecule has 1 amide bonds. The molecule has 2 fully saturated rings. The number of carbonyl (C=O) groups excluding carboxylic acids is 1. The fraction of sp³-hybridized carbons (Fsp3) is 0.609. The van der Waals surface area contributed by atoms with Crippen LogP contribution in [0.15, 0.2) is 27.6 Å². The largest absolute Gasteiger partial charge is 0.353 e. The highest BCUT2D eigenvalue weighted by atomic mass is 32.2. The highest BCUT2D eigenvalue weighted by molar-refractivity contribution is 7.89. The second-order valence-corrected chi connectivity index (χ2v) is 10.9. The first-order valence-electron chi connectivity index (χ1n) is 11.6. The Morgan fingerprint density at radius 2 is 1.75 bits per heavy atom. The van der Waals surface area contributed by atoms with Crippen LogP contribution < -0.4 is 5.32 Å². The summed E-state index contributed by atoms with van der Waals surface area (Å²) in [5, 5.41) is 7.12. The summed E-state index contributed by atoms with van der Waals surface area (Å²) in [6.07, 6.45) is 8.02. The summed E-state index contributed by atoms with van der Waals surface area (Å²) in [6, 6.07) is 5.44. The maximum Gasteiger partial charge on any atom is 0.243 e. The quantitative estimate of drug-likeness (QED) is 0.684. The highest BCUT2D eigenvalue weighted by Crippen LogP contribution is 2.29. The maximum absolute atomic E-state index is 13.4. The minimum Gasteiger partial charge on any atom is -0.353 e. The van der Waals surface area contributed by atoms with E-state index in [0.29, 0.717) is 48.8 Å². The van der Waals surface area contributed by atoms with Crippen molar-refractivity contribution in [3.63, 3.8) is 0 Å². The van der Waals surface area contributed by atoms with Gasteiger partial charge in [0.1, 0.15) is 0 Å². The number of hydrogen-bond donors (Lipinski definition) is 1. The molecule has 1 aliphatic carbocycles. The van der Waals surface area contributed by atoms with Crippen molar-refractivity contribution in [2.24, 2.45) is 5.92 Å². The van der Waals surface area contributed by atoms with Crippen LogP contribution in [-0.4, -0.2) is 47.9 Å². The first-order chi connectivity index (χ1) is 15.3. The Bertz CT molecular complexity index is 1050. The van der Waals surface area contributed by atoms with Crippen LogP contribution in [-0.2, 0) is 14.8 Å². The number of carbonyl (C=O) groups is 1. The number of rotatable bonds is 5. The number of nitrogens with one attached hydrogen (secondary N) is 1. The minimum atomic E-state index is -3.68. The molecule has 0 spiro atoms. The molecule has 1 saturated carbocycles. The number of nitrogens with zero attached hydrogens (tertiary/aromatic N) is 3. The summed E-state index contributed by atoms with van der Waals surface area (Å²) >= 11 is 0. The average Bonchev–Trinajstić information content (AvgIpc) is 3.05. The van der Waals surface area contributed by atoms with Crippen molar-refractivity contribution >= 4 is 15.9 Å². The molecule has 1 aromatic carbocycles. The number of benzene rings is 1. The van der Waals surface area contributed by atoms with E-state index in [2.05, 4.69) is 15.5 Å².